The molecule has 0 heterocycles. The van der Waals surface area contributed by atoms with Crippen LogP contribution in [0.3, 0.4) is 0 Å². The average molecular weight is 532 g/mol. The van der Waals surface area contributed by atoms with Crippen molar-refractivity contribution in [2.24, 2.45) is 0 Å². The first-order chi connectivity index (χ1) is 30.3. The van der Waals surface area contributed by atoms with Crippen LogP contribution in [0, 0.1) is 0 Å². The zero-order valence-electron chi connectivity index (χ0n) is 45.1. The molecule has 0 fully saturated rings. The maximum Gasteiger partial charge on any atom is 0.0636 e. The van der Waals surface area contributed by atoms with E-state index in [1.54, 1.807) is 0 Å². The summed E-state index contributed by atoms with van der Waals surface area (Å²) in [7, 11) is 0. The highest BCUT2D eigenvalue weighted by atomic mass is 14.2. The summed E-state index contributed by atoms with van der Waals surface area (Å²) >= 11 is 0. The van der Waals surface area contributed by atoms with Gasteiger partial charge < -0.3 is 0 Å². The maximum absolute atomic E-state index is 9.70. The third kappa shape index (κ3) is 3.61. The van der Waals surface area contributed by atoms with Crippen LogP contribution in [0.4, 0.5) is 0 Å². The van der Waals surface area contributed by atoms with Gasteiger partial charge in [-0.05, 0) is 82.5 Å². The summed E-state index contributed by atoms with van der Waals surface area (Å²) in [4.78, 5) is 0. The van der Waals surface area contributed by atoms with Crippen LogP contribution in [0.1, 0.15) is 34.3 Å². The van der Waals surface area contributed by atoms with Crippen molar-refractivity contribution in [2.75, 3.05) is 0 Å². The van der Waals surface area contributed by atoms with Crippen LogP contribution in [0.2, 0.25) is 0 Å². The molecule has 8 rings (SSSR count). The van der Waals surface area contributed by atoms with Crippen LogP contribution in [-0.4, -0.2) is 0 Å². The largest absolute Gasteiger partial charge is 0.0636 e. The number of hydrogen-bond donors (Lipinski definition) is 0. The Kier molecular flexibility index (Phi) is 2.05. The predicted molar refractivity (Wildman–Crippen MR) is 173 cm³/mol. The zero-order valence-corrected chi connectivity index (χ0v) is 20.1. The molecule has 0 spiro atoms. The van der Waals surface area contributed by atoms with Crippen LogP contribution >= 0.6 is 0 Å². The first-order valence-electron chi connectivity index (χ1n) is 24.3. The molecule has 0 aliphatic rings. The number of hydrogen-bond acceptors (Lipinski definition) is 0. The van der Waals surface area contributed by atoms with Gasteiger partial charge in [0, 0.05) is 0 Å². The first-order valence-corrected chi connectivity index (χ1v) is 11.8. The van der Waals surface area contributed by atoms with Gasteiger partial charge in [0.05, 0.1) is 34.3 Å². The minimum atomic E-state index is -0.972. The molecule has 0 aliphatic heterocycles. The van der Waals surface area contributed by atoms with Crippen molar-refractivity contribution in [2.45, 2.75) is 0 Å². The lowest BCUT2D eigenvalue weighted by Crippen LogP contribution is -1.91. The van der Waals surface area contributed by atoms with E-state index in [2.05, 4.69) is 0 Å². The van der Waals surface area contributed by atoms with E-state index < -0.39 is 228 Å². The Bertz CT molecular complexity index is 3540. The molecule has 0 saturated carbocycles. The van der Waals surface area contributed by atoms with Gasteiger partial charge in [0.1, 0.15) is 0 Å². The SMILES string of the molecule is [2H]c1cc2c(-c3c([2H])c([2H])c(-c4c([2H])c([2H])c([2H])c([2H])c4[2H])c([2H])c3[2H])c3c([2H])c([2H])c([2H])c([2H])c3c(-c3c([2H])c([2H])c4c([2H])c([2H])c5c([2H])c([2H])c([2H])c([2H])c5c4c3[2H])c2c([2H])c1[2H]. The quantitative estimate of drug-likeness (QED) is 0.157. The Morgan fingerprint density at radius 1 is 0.300 bits per heavy atom. The molecule has 8 aromatic carbocycles. The fourth-order valence-electron chi connectivity index (χ4n) is 4.67. The van der Waals surface area contributed by atoms with Crippen LogP contribution in [0.25, 0.3) is 76.5 Å². The predicted octanol–water partition coefficient (Wildman–Crippen LogP) is 11.3. The van der Waals surface area contributed by atoms with Gasteiger partial charge in [0.25, 0.3) is 0 Å². The third-order valence-electron chi connectivity index (χ3n) is 6.39. The maximum atomic E-state index is 9.70. The van der Waals surface area contributed by atoms with Crippen molar-refractivity contribution < 1.29 is 34.3 Å². The molecule has 186 valence electrons. The summed E-state index contributed by atoms with van der Waals surface area (Å²) in [5.41, 5.74) is -4.01. The van der Waals surface area contributed by atoms with E-state index in [9.17, 15) is 11.0 Å². The van der Waals surface area contributed by atoms with Crippen LogP contribution in [0.15, 0.2) is 157 Å². The van der Waals surface area contributed by atoms with Gasteiger partial charge in [0.15, 0.2) is 0 Å². The van der Waals surface area contributed by atoms with Gasteiger partial charge >= 0.3 is 0 Å². The van der Waals surface area contributed by atoms with E-state index in [1.807, 2.05) is 0 Å². The third-order valence-corrected chi connectivity index (χ3v) is 6.39. The smallest absolute Gasteiger partial charge is 0.0622 e. The van der Waals surface area contributed by atoms with Crippen LogP contribution in [0.5, 0.6) is 0 Å². The van der Waals surface area contributed by atoms with Gasteiger partial charge in [-0.3, -0.25) is 0 Å². The molecular weight excluding hydrogens is 480 g/mol. The Balaban J connectivity index is 1.69. The monoisotopic (exact) mass is 531 g/mol. The second kappa shape index (κ2) is 9.22. The van der Waals surface area contributed by atoms with Gasteiger partial charge in [-0.1, -0.05) is 151 Å². The van der Waals surface area contributed by atoms with Gasteiger partial charge in [-0.15, -0.1) is 0 Å². The summed E-state index contributed by atoms with van der Waals surface area (Å²) in [6, 6.07) is -20.5. The molecule has 0 saturated heterocycles. The average Bonchev–Trinajstić information content (AvgIpc) is 3.27. The first kappa shape index (κ1) is 8.91. The molecule has 0 amide bonds. The Morgan fingerprint density at radius 3 is 1.52 bits per heavy atom. The molecule has 0 radical (unpaired) electrons. The minimum absolute atomic E-state index is 0.445. The fourth-order valence-corrected chi connectivity index (χ4v) is 4.67. The van der Waals surface area contributed by atoms with Crippen molar-refractivity contribution in [3.63, 3.8) is 0 Å². The van der Waals surface area contributed by atoms with Gasteiger partial charge in [-0.2, -0.15) is 0 Å². The lowest BCUT2D eigenvalue weighted by Gasteiger charge is -2.18. The number of fused-ring (bicyclic) bond motifs is 5. The molecule has 0 heteroatoms. The van der Waals surface area contributed by atoms with E-state index in [1.165, 1.54) is 0 Å². The highest BCUT2D eigenvalue weighted by Gasteiger charge is 2.17. The second-order valence-corrected chi connectivity index (χ2v) is 8.58. The van der Waals surface area contributed by atoms with Gasteiger partial charge in [-0.25, -0.2) is 0 Å². The molecule has 0 atom stereocenters. The topological polar surface area (TPSA) is 0 Å². The second-order valence-electron chi connectivity index (χ2n) is 8.58. The Labute approximate surface area is 268 Å². The van der Waals surface area contributed by atoms with E-state index in [0.717, 1.165) is 6.07 Å². The molecule has 0 bridgehead atoms. The molecule has 0 aliphatic carbocycles. The molecule has 0 N–H and O–H groups in total. The lowest BCUT2D eigenvalue weighted by atomic mass is 9.85. The molecule has 40 heavy (non-hydrogen) atoms. The molecular formula is C40H26. The number of rotatable bonds is 3. The van der Waals surface area contributed by atoms with E-state index in [4.69, 9.17) is 23.3 Å². The van der Waals surface area contributed by atoms with Crippen molar-refractivity contribution in [1.29, 1.82) is 0 Å². The van der Waals surface area contributed by atoms with Crippen molar-refractivity contribution in [3.05, 3.63) is 157 Å². The molecule has 0 nitrogen and oxygen atoms in total. The van der Waals surface area contributed by atoms with E-state index in [-0.39, 0.29) is 0 Å². The number of benzene rings is 8. The molecule has 0 unspecified atom stereocenters. The summed E-state index contributed by atoms with van der Waals surface area (Å²) in [6.07, 6.45) is 0. The summed E-state index contributed by atoms with van der Waals surface area (Å²) < 4.78 is 221. The summed E-state index contributed by atoms with van der Waals surface area (Å²) in [5, 5.41) is -4.37. The fraction of sp³-hybridized carbons (Fsp3) is 0. The van der Waals surface area contributed by atoms with Crippen LogP contribution in [-0.2, 0) is 0 Å². The van der Waals surface area contributed by atoms with Crippen molar-refractivity contribution in [3.8, 4) is 33.4 Å². The molecule has 0 aromatic heterocycles. The van der Waals surface area contributed by atoms with E-state index >= 15 is 0 Å². The van der Waals surface area contributed by atoms with Crippen LogP contribution < -0.4 is 0 Å². The molecule has 8 aromatic rings. The Hall–Kier alpha value is -5.20. The lowest BCUT2D eigenvalue weighted by molar-refractivity contribution is 1.61. The highest BCUT2D eigenvalue weighted by molar-refractivity contribution is 6.22. The summed E-state index contributed by atoms with van der Waals surface area (Å²) in [5.74, 6) is 0. The summed E-state index contributed by atoms with van der Waals surface area (Å²) in [6.45, 7) is 0. The highest BCUT2D eigenvalue weighted by Crippen LogP contribution is 2.44. The van der Waals surface area contributed by atoms with Crippen molar-refractivity contribution in [1.82, 2.24) is 0 Å². The normalized spacial score (nSPS) is 20.2. The van der Waals surface area contributed by atoms with E-state index in [0.29, 0.717) is 0 Å². The minimum Gasteiger partial charge on any atom is -0.0622 e. The van der Waals surface area contributed by atoms with Gasteiger partial charge in [0.2, 0.25) is 0 Å². The standard InChI is InChI=1S/C40H26/c1-2-10-27(11-3-1)28-18-23-31(24-19-28)39-34-14-6-8-16-36(34)40(37-17-9-7-15-35(37)39)32-25-22-30-21-20-29-12-4-5-13-33(29)38(30)26-32/h1-26H/i1D,2D,3D,4D,5D,6D,7D,8D,9D,10D,11D,12D,13D,14D,16D,17D,18D,19D,20D,21D,22D,23D,24D,25D,26D. The van der Waals surface area contributed by atoms with Crippen molar-refractivity contribution >= 4 is 43.1 Å². The zero-order chi connectivity index (χ0) is 48.2. The Morgan fingerprint density at radius 2 is 0.775 bits per heavy atom.